The molecule has 0 saturated carbocycles. The first kappa shape index (κ1) is 16.7. The summed E-state index contributed by atoms with van der Waals surface area (Å²) in [6.45, 7) is 11.6. The predicted molar refractivity (Wildman–Crippen MR) is 81.7 cm³/mol. The number of amides is 1. The minimum absolute atomic E-state index is 0.0254. The van der Waals surface area contributed by atoms with Crippen LogP contribution in [0.5, 0.6) is 0 Å². The number of carbonyl (C=O) groups is 1. The molecule has 20 heavy (non-hydrogen) atoms. The molecule has 1 rings (SSSR count). The molecule has 1 unspecified atom stereocenters. The molecular weight excluding hydrogens is 252 g/mol. The maximum atomic E-state index is 12.2. The highest BCUT2D eigenvalue weighted by molar-refractivity contribution is 5.92. The van der Waals surface area contributed by atoms with Crippen molar-refractivity contribution in [1.82, 2.24) is 15.1 Å². The Morgan fingerprint density at radius 2 is 2.10 bits per heavy atom. The van der Waals surface area contributed by atoms with E-state index in [1.807, 2.05) is 19.9 Å². The van der Waals surface area contributed by atoms with Crippen LogP contribution in [-0.4, -0.2) is 28.3 Å². The van der Waals surface area contributed by atoms with E-state index in [1.165, 1.54) is 0 Å². The Bertz CT molecular complexity index is 445. The van der Waals surface area contributed by atoms with Gasteiger partial charge in [-0.1, -0.05) is 27.7 Å². The number of nitrogens with two attached hydrogens (primary N) is 1. The molecule has 0 radical (unpaired) electrons. The van der Waals surface area contributed by atoms with Crippen molar-refractivity contribution < 1.29 is 4.79 Å². The Morgan fingerprint density at radius 1 is 1.45 bits per heavy atom. The topological polar surface area (TPSA) is 72.9 Å². The third-order valence-corrected chi connectivity index (χ3v) is 3.12. The third kappa shape index (κ3) is 4.96. The van der Waals surface area contributed by atoms with E-state index in [9.17, 15) is 4.79 Å². The van der Waals surface area contributed by atoms with Crippen LogP contribution in [0.4, 0.5) is 0 Å². The lowest BCUT2D eigenvalue weighted by Gasteiger charge is -2.23. The van der Waals surface area contributed by atoms with Crippen molar-refractivity contribution in [3.05, 3.63) is 17.5 Å². The zero-order valence-corrected chi connectivity index (χ0v) is 13.4. The molecule has 0 aliphatic carbocycles. The Kier molecular flexibility index (Phi) is 5.74. The van der Waals surface area contributed by atoms with Gasteiger partial charge in [0.25, 0.3) is 5.91 Å². The molecule has 5 nitrogen and oxygen atoms in total. The molecule has 0 saturated heterocycles. The standard InChI is InChI=1S/C15H28N4O/c1-6-12-8-13(19(7-2)18-12)14(20)17-10-11(16)9-15(3,4)5/h8,11H,6-7,9-10,16H2,1-5H3,(H,17,20). The molecule has 0 aliphatic rings. The fraction of sp³-hybridized carbons (Fsp3) is 0.733. The van der Waals surface area contributed by atoms with E-state index >= 15 is 0 Å². The highest BCUT2D eigenvalue weighted by atomic mass is 16.2. The lowest BCUT2D eigenvalue weighted by atomic mass is 9.88. The first-order valence-electron chi connectivity index (χ1n) is 7.37. The van der Waals surface area contributed by atoms with Gasteiger partial charge in [-0.2, -0.15) is 5.10 Å². The molecule has 3 N–H and O–H groups in total. The maximum Gasteiger partial charge on any atom is 0.269 e. The largest absolute Gasteiger partial charge is 0.349 e. The molecule has 1 aromatic heterocycles. The van der Waals surface area contributed by atoms with Crippen LogP contribution >= 0.6 is 0 Å². The van der Waals surface area contributed by atoms with Crippen LogP contribution in [0.15, 0.2) is 6.07 Å². The van der Waals surface area contributed by atoms with Crippen LogP contribution in [0.2, 0.25) is 0 Å². The summed E-state index contributed by atoms with van der Waals surface area (Å²) in [4.78, 5) is 12.2. The van der Waals surface area contributed by atoms with Gasteiger partial charge in [-0.05, 0) is 31.2 Å². The van der Waals surface area contributed by atoms with Gasteiger partial charge in [0.05, 0.1) is 5.69 Å². The molecule has 0 fully saturated rings. The van der Waals surface area contributed by atoms with E-state index in [1.54, 1.807) is 4.68 Å². The van der Waals surface area contributed by atoms with Gasteiger partial charge in [-0.25, -0.2) is 0 Å². The molecule has 0 spiro atoms. The Balaban J connectivity index is 2.61. The van der Waals surface area contributed by atoms with Crippen molar-refractivity contribution in [2.45, 2.75) is 60.0 Å². The highest BCUT2D eigenvalue weighted by Crippen LogP contribution is 2.19. The van der Waals surface area contributed by atoms with E-state index in [2.05, 4.69) is 31.2 Å². The molecule has 114 valence electrons. The second-order valence-electron chi connectivity index (χ2n) is 6.43. The molecule has 0 bridgehead atoms. The van der Waals surface area contributed by atoms with Crippen molar-refractivity contribution in [2.24, 2.45) is 11.1 Å². The van der Waals surface area contributed by atoms with Gasteiger partial charge >= 0.3 is 0 Å². The van der Waals surface area contributed by atoms with Gasteiger partial charge in [0, 0.05) is 19.1 Å². The summed E-state index contributed by atoms with van der Waals surface area (Å²) in [5, 5.41) is 7.29. The molecule has 0 aliphatic heterocycles. The summed E-state index contributed by atoms with van der Waals surface area (Å²) in [6, 6.07) is 1.83. The van der Waals surface area contributed by atoms with Crippen molar-refractivity contribution in [3.8, 4) is 0 Å². The molecule has 1 aromatic rings. The average molecular weight is 280 g/mol. The van der Waals surface area contributed by atoms with Gasteiger partial charge in [0.15, 0.2) is 0 Å². The maximum absolute atomic E-state index is 12.2. The molecule has 1 heterocycles. The summed E-state index contributed by atoms with van der Waals surface area (Å²) < 4.78 is 1.74. The first-order valence-corrected chi connectivity index (χ1v) is 7.37. The van der Waals surface area contributed by atoms with Crippen molar-refractivity contribution in [3.63, 3.8) is 0 Å². The third-order valence-electron chi connectivity index (χ3n) is 3.12. The number of hydrogen-bond donors (Lipinski definition) is 2. The molecule has 0 aromatic carbocycles. The quantitative estimate of drug-likeness (QED) is 0.836. The van der Waals surface area contributed by atoms with Gasteiger partial charge < -0.3 is 11.1 Å². The number of hydrogen-bond acceptors (Lipinski definition) is 3. The molecule has 5 heteroatoms. The lowest BCUT2D eigenvalue weighted by molar-refractivity contribution is 0.0938. The van der Waals surface area contributed by atoms with Crippen LogP contribution in [0.3, 0.4) is 0 Å². The molecule has 1 amide bonds. The minimum atomic E-state index is -0.0941. The SMILES string of the molecule is CCc1cc(C(=O)NCC(N)CC(C)(C)C)n(CC)n1. The summed E-state index contributed by atoms with van der Waals surface area (Å²) in [7, 11) is 0. The number of carbonyl (C=O) groups excluding carboxylic acids is 1. The molecular formula is C15H28N4O. The van der Waals surface area contributed by atoms with Gasteiger partial charge in [0.2, 0.25) is 0 Å². The van der Waals surface area contributed by atoms with Crippen LogP contribution < -0.4 is 11.1 Å². The van der Waals surface area contributed by atoms with Crippen LogP contribution in [0, 0.1) is 5.41 Å². The smallest absolute Gasteiger partial charge is 0.269 e. The number of nitrogens with zero attached hydrogens (tertiary/aromatic N) is 2. The number of aromatic nitrogens is 2. The van der Waals surface area contributed by atoms with E-state index in [0.717, 1.165) is 18.5 Å². The lowest BCUT2D eigenvalue weighted by Crippen LogP contribution is -2.40. The van der Waals surface area contributed by atoms with Crippen molar-refractivity contribution in [2.75, 3.05) is 6.54 Å². The van der Waals surface area contributed by atoms with E-state index in [0.29, 0.717) is 18.8 Å². The normalized spacial score (nSPS) is 13.3. The highest BCUT2D eigenvalue weighted by Gasteiger charge is 2.18. The zero-order valence-electron chi connectivity index (χ0n) is 13.4. The van der Waals surface area contributed by atoms with E-state index in [4.69, 9.17) is 5.73 Å². The number of aryl methyl sites for hydroxylation is 2. The second kappa shape index (κ2) is 6.88. The monoisotopic (exact) mass is 280 g/mol. The Labute approximate surface area is 121 Å². The fourth-order valence-electron chi connectivity index (χ4n) is 2.24. The summed E-state index contributed by atoms with van der Waals surface area (Å²) in [5.74, 6) is -0.0941. The van der Waals surface area contributed by atoms with Gasteiger partial charge in [-0.15, -0.1) is 0 Å². The zero-order chi connectivity index (χ0) is 15.3. The summed E-state index contributed by atoms with van der Waals surface area (Å²) in [6.07, 6.45) is 1.71. The number of nitrogens with one attached hydrogen (secondary N) is 1. The summed E-state index contributed by atoms with van der Waals surface area (Å²) >= 11 is 0. The van der Waals surface area contributed by atoms with Gasteiger partial charge in [-0.3, -0.25) is 9.48 Å². The number of rotatable bonds is 6. The summed E-state index contributed by atoms with van der Waals surface area (Å²) in [5.41, 5.74) is 7.78. The van der Waals surface area contributed by atoms with Crippen LogP contribution in [0.25, 0.3) is 0 Å². The van der Waals surface area contributed by atoms with E-state index in [-0.39, 0.29) is 17.4 Å². The first-order chi connectivity index (χ1) is 9.26. The Morgan fingerprint density at radius 3 is 2.60 bits per heavy atom. The van der Waals surface area contributed by atoms with Crippen LogP contribution in [-0.2, 0) is 13.0 Å². The fourth-order valence-corrected chi connectivity index (χ4v) is 2.24. The van der Waals surface area contributed by atoms with Crippen molar-refractivity contribution in [1.29, 1.82) is 0 Å². The second-order valence-corrected chi connectivity index (χ2v) is 6.43. The Hall–Kier alpha value is -1.36. The predicted octanol–water partition coefficient (Wildman–Crippen LogP) is 1.96. The van der Waals surface area contributed by atoms with Crippen molar-refractivity contribution >= 4 is 5.91 Å². The van der Waals surface area contributed by atoms with Crippen LogP contribution in [0.1, 0.15) is 57.2 Å². The minimum Gasteiger partial charge on any atom is -0.349 e. The van der Waals surface area contributed by atoms with E-state index < -0.39 is 0 Å². The van der Waals surface area contributed by atoms with Gasteiger partial charge in [0.1, 0.15) is 5.69 Å². The average Bonchev–Trinajstić information content (AvgIpc) is 2.77. The molecule has 1 atom stereocenters.